The van der Waals surface area contributed by atoms with Crippen molar-refractivity contribution in [3.8, 4) is 5.75 Å². The van der Waals surface area contributed by atoms with Crippen LogP contribution < -0.4 is 4.74 Å². The Hall–Kier alpha value is -0.430. The van der Waals surface area contributed by atoms with Crippen molar-refractivity contribution in [3.63, 3.8) is 0 Å². The van der Waals surface area contributed by atoms with Crippen LogP contribution in [0.2, 0.25) is 0 Å². The van der Waals surface area contributed by atoms with E-state index in [9.17, 15) is 4.79 Å². The van der Waals surface area contributed by atoms with Crippen LogP contribution in [0.4, 0.5) is 4.79 Å². The van der Waals surface area contributed by atoms with Crippen molar-refractivity contribution in [1.82, 2.24) is 4.90 Å². The number of halogens is 1. The zero-order chi connectivity index (χ0) is 12.8. The van der Waals surface area contributed by atoms with Crippen LogP contribution in [0.5, 0.6) is 5.75 Å². The zero-order valence-corrected chi connectivity index (χ0v) is 13.2. The first-order valence-electron chi connectivity index (χ1n) is 5.43. The Morgan fingerprint density at radius 2 is 2.06 bits per heavy atom. The molecule has 0 bridgehead atoms. The highest BCUT2D eigenvalue weighted by Gasteiger charge is 2.15. The van der Waals surface area contributed by atoms with Crippen LogP contribution in [0.15, 0.2) is 23.1 Å². The third-order valence-corrected chi connectivity index (χ3v) is 4.45. The van der Waals surface area contributed by atoms with E-state index in [4.69, 9.17) is 4.74 Å². The minimum Gasteiger partial charge on any atom is -0.409 e. The molecule has 0 aliphatic carbocycles. The first-order valence-corrected chi connectivity index (χ1v) is 7.73. The molecule has 1 rings (SSSR count). The first kappa shape index (κ1) is 14.6. The molecule has 0 saturated heterocycles. The van der Waals surface area contributed by atoms with E-state index in [2.05, 4.69) is 22.6 Å². The van der Waals surface area contributed by atoms with Gasteiger partial charge in [-0.05, 0) is 54.8 Å². The van der Waals surface area contributed by atoms with Gasteiger partial charge in [-0.25, -0.2) is 4.79 Å². The average molecular weight is 365 g/mol. The van der Waals surface area contributed by atoms with Crippen molar-refractivity contribution >= 4 is 40.4 Å². The standard InChI is InChI=1S/C12H16INO2S/c1-4-14(5-2)12(15)16-10-8-6-7-9(13)11(10)17-3/h6-8H,4-5H2,1-3H3. The quantitative estimate of drug-likeness (QED) is 0.600. The molecule has 1 aromatic rings. The van der Waals surface area contributed by atoms with E-state index in [1.54, 1.807) is 16.7 Å². The molecule has 0 radical (unpaired) electrons. The van der Waals surface area contributed by atoms with E-state index in [1.807, 2.05) is 38.3 Å². The lowest BCUT2D eigenvalue weighted by molar-refractivity contribution is 0.156. The van der Waals surface area contributed by atoms with Gasteiger partial charge in [0.2, 0.25) is 0 Å². The summed E-state index contributed by atoms with van der Waals surface area (Å²) in [6.07, 6.45) is 1.69. The van der Waals surface area contributed by atoms with E-state index in [1.165, 1.54) is 0 Å². The fraction of sp³-hybridized carbons (Fsp3) is 0.417. The van der Waals surface area contributed by atoms with Crippen molar-refractivity contribution in [2.75, 3.05) is 19.3 Å². The van der Waals surface area contributed by atoms with Gasteiger partial charge in [-0.1, -0.05) is 6.07 Å². The summed E-state index contributed by atoms with van der Waals surface area (Å²) < 4.78 is 6.52. The summed E-state index contributed by atoms with van der Waals surface area (Å²) in [4.78, 5) is 14.5. The predicted molar refractivity (Wildman–Crippen MR) is 79.9 cm³/mol. The highest BCUT2D eigenvalue weighted by atomic mass is 127. The SMILES string of the molecule is CCN(CC)C(=O)Oc1cccc(I)c1SC. The van der Waals surface area contributed by atoms with E-state index in [0.717, 1.165) is 8.47 Å². The molecule has 3 nitrogen and oxygen atoms in total. The number of hydrogen-bond acceptors (Lipinski definition) is 3. The van der Waals surface area contributed by atoms with Gasteiger partial charge >= 0.3 is 6.09 Å². The first-order chi connectivity index (χ1) is 8.13. The highest BCUT2D eigenvalue weighted by Crippen LogP contribution is 2.32. The lowest BCUT2D eigenvalue weighted by Crippen LogP contribution is -2.33. The Kier molecular flexibility index (Phi) is 6.11. The molecule has 17 heavy (non-hydrogen) atoms. The normalized spacial score (nSPS) is 10.1. The molecule has 0 unspecified atom stereocenters. The molecule has 0 spiro atoms. The second-order valence-corrected chi connectivity index (χ2v) is 5.29. The molecule has 0 atom stereocenters. The van der Waals surface area contributed by atoms with Crippen LogP contribution in [0.1, 0.15) is 13.8 Å². The largest absolute Gasteiger partial charge is 0.415 e. The van der Waals surface area contributed by atoms with E-state index in [-0.39, 0.29) is 6.09 Å². The van der Waals surface area contributed by atoms with E-state index >= 15 is 0 Å². The van der Waals surface area contributed by atoms with Gasteiger partial charge in [-0.2, -0.15) is 0 Å². The molecule has 0 aliphatic heterocycles. The fourth-order valence-corrected chi connectivity index (χ4v) is 3.12. The third-order valence-electron chi connectivity index (χ3n) is 2.35. The van der Waals surface area contributed by atoms with Crippen molar-refractivity contribution < 1.29 is 9.53 Å². The Labute approximate surface area is 120 Å². The maximum Gasteiger partial charge on any atom is 0.415 e. The number of hydrogen-bond donors (Lipinski definition) is 0. The number of thioether (sulfide) groups is 1. The Bertz CT molecular complexity index is 394. The second-order valence-electron chi connectivity index (χ2n) is 3.31. The summed E-state index contributed by atoms with van der Waals surface area (Å²) in [5.74, 6) is 0.640. The molecule has 0 fully saturated rings. The Morgan fingerprint density at radius 3 is 2.59 bits per heavy atom. The average Bonchev–Trinajstić information content (AvgIpc) is 2.31. The maximum atomic E-state index is 11.8. The van der Waals surface area contributed by atoms with Crippen LogP contribution in [-0.4, -0.2) is 30.3 Å². The van der Waals surface area contributed by atoms with Gasteiger partial charge in [-0.3, -0.25) is 0 Å². The molecule has 5 heteroatoms. The summed E-state index contributed by atoms with van der Waals surface area (Å²) in [6.45, 7) is 5.20. The van der Waals surface area contributed by atoms with Crippen molar-refractivity contribution in [3.05, 3.63) is 21.8 Å². The maximum absolute atomic E-state index is 11.8. The van der Waals surface area contributed by atoms with Gasteiger partial charge in [0.25, 0.3) is 0 Å². The molecule has 0 aliphatic rings. The Balaban J connectivity index is 2.88. The molecule has 0 saturated carbocycles. The van der Waals surface area contributed by atoms with Gasteiger partial charge in [0.05, 0.1) is 4.90 Å². The highest BCUT2D eigenvalue weighted by molar-refractivity contribution is 14.1. The third kappa shape index (κ3) is 3.77. The predicted octanol–water partition coefficient (Wildman–Crippen LogP) is 3.85. The molecular formula is C12H16INO2S. The summed E-state index contributed by atoms with van der Waals surface area (Å²) in [6, 6.07) is 5.73. The fourth-order valence-electron chi connectivity index (χ4n) is 1.41. The molecule has 0 heterocycles. The minimum absolute atomic E-state index is 0.285. The number of carbonyl (C=O) groups excluding carboxylic acids is 1. The van der Waals surface area contributed by atoms with Gasteiger partial charge in [0.15, 0.2) is 0 Å². The van der Waals surface area contributed by atoms with Gasteiger partial charge in [0, 0.05) is 16.7 Å². The van der Waals surface area contributed by atoms with Crippen LogP contribution >= 0.6 is 34.4 Å². The summed E-state index contributed by atoms with van der Waals surface area (Å²) in [5.41, 5.74) is 0. The summed E-state index contributed by atoms with van der Waals surface area (Å²) in [5, 5.41) is 0. The van der Waals surface area contributed by atoms with Gasteiger partial charge in [0.1, 0.15) is 5.75 Å². The van der Waals surface area contributed by atoms with Crippen LogP contribution in [0.25, 0.3) is 0 Å². The van der Waals surface area contributed by atoms with Crippen LogP contribution in [0, 0.1) is 3.57 Å². The monoisotopic (exact) mass is 365 g/mol. The molecule has 0 aromatic heterocycles. The van der Waals surface area contributed by atoms with Crippen molar-refractivity contribution in [2.24, 2.45) is 0 Å². The van der Waals surface area contributed by atoms with Crippen LogP contribution in [-0.2, 0) is 0 Å². The van der Waals surface area contributed by atoms with Gasteiger partial charge < -0.3 is 9.64 Å². The lowest BCUT2D eigenvalue weighted by Gasteiger charge is -2.19. The number of carbonyl (C=O) groups is 1. The number of amides is 1. The number of rotatable bonds is 4. The minimum atomic E-state index is -0.285. The second kappa shape index (κ2) is 7.10. The molecule has 94 valence electrons. The van der Waals surface area contributed by atoms with Gasteiger partial charge in [-0.15, -0.1) is 11.8 Å². The van der Waals surface area contributed by atoms with E-state index < -0.39 is 0 Å². The number of benzene rings is 1. The molecule has 1 amide bonds. The zero-order valence-electron chi connectivity index (χ0n) is 10.2. The molecular weight excluding hydrogens is 349 g/mol. The Morgan fingerprint density at radius 1 is 1.41 bits per heavy atom. The van der Waals surface area contributed by atoms with E-state index in [0.29, 0.717) is 18.8 Å². The molecule has 0 N–H and O–H groups in total. The topological polar surface area (TPSA) is 29.5 Å². The summed E-state index contributed by atoms with van der Waals surface area (Å²) >= 11 is 3.83. The van der Waals surface area contributed by atoms with Crippen molar-refractivity contribution in [2.45, 2.75) is 18.7 Å². The number of nitrogens with zero attached hydrogens (tertiary/aromatic N) is 1. The lowest BCUT2D eigenvalue weighted by atomic mass is 10.3. The van der Waals surface area contributed by atoms with Crippen LogP contribution in [0.3, 0.4) is 0 Å². The number of ether oxygens (including phenoxy) is 1. The van der Waals surface area contributed by atoms with Crippen molar-refractivity contribution in [1.29, 1.82) is 0 Å². The molecule has 1 aromatic carbocycles. The summed E-state index contributed by atoms with van der Waals surface area (Å²) in [7, 11) is 0. The smallest absolute Gasteiger partial charge is 0.409 e.